The van der Waals surface area contributed by atoms with Crippen LogP contribution in [0, 0.1) is 19.7 Å². The number of nitrogens with one attached hydrogen (secondary N) is 2. The zero-order valence-electron chi connectivity index (χ0n) is 10.8. The van der Waals surface area contributed by atoms with Gasteiger partial charge in [-0.2, -0.15) is 0 Å². The fraction of sp³-hybridized carbons (Fsp3) is 0.133. The molecule has 0 heterocycles. The van der Waals surface area contributed by atoms with Crippen molar-refractivity contribution in [1.82, 2.24) is 0 Å². The highest BCUT2D eigenvalue weighted by Crippen LogP contribution is 2.17. The molecule has 98 valence electrons. The van der Waals surface area contributed by atoms with Gasteiger partial charge in [0.05, 0.1) is 0 Å². The van der Waals surface area contributed by atoms with Crippen LogP contribution < -0.4 is 10.6 Å². The number of hydrogen-bond acceptors (Lipinski definition) is 1. The Kier molecular flexibility index (Phi) is 4.12. The maximum Gasteiger partial charge on any atom is 0.175 e. The predicted octanol–water partition coefficient (Wildman–Crippen LogP) is 4.25. The second-order valence-electron chi connectivity index (χ2n) is 4.35. The Morgan fingerprint density at radius 1 is 0.947 bits per heavy atom. The van der Waals surface area contributed by atoms with Gasteiger partial charge < -0.3 is 10.6 Å². The third-order valence-electron chi connectivity index (χ3n) is 2.83. The highest BCUT2D eigenvalue weighted by Gasteiger charge is 2.04. The Morgan fingerprint density at radius 3 is 2.21 bits per heavy atom. The molecular weight excluding hydrogens is 259 g/mol. The second kappa shape index (κ2) is 5.80. The molecule has 0 aliphatic carbocycles. The van der Waals surface area contributed by atoms with E-state index in [4.69, 9.17) is 12.2 Å². The van der Waals surface area contributed by atoms with Crippen LogP contribution in [-0.4, -0.2) is 5.11 Å². The molecule has 2 rings (SSSR count). The molecule has 4 heteroatoms. The van der Waals surface area contributed by atoms with Crippen molar-refractivity contribution < 1.29 is 4.39 Å². The van der Waals surface area contributed by atoms with Crippen molar-refractivity contribution in [2.75, 3.05) is 10.6 Å². The fourth-order valence-corrected chi connectivity index (χ4v) is 1.98. The predicted molar refractivity (Wildman–Crippen MR) is 82.2 cm³/mol. The number of rotatable bonds is 2. The summed E-state index contributed by atoms with van der Waals surface area (Å²) in [6, 6.07) is 12.4. The van der Waals surface area contributed by atoms with Crippen LogP contribution >= 0.6 is 12.2 Å². The molecule has 0 aliphatic heterocycles. The van der Waals surface area contributed by atoms with Gasteiger partial charge >= 0.3 is 0 Å². The Balaban J connectivity index is 2.08. The van der Waals surface area contributed by atoms with E-state index in [0.29, 0.717) is 5.11 Å². The lowest BCUT2D eigenvalue weighted by atomic mass is 10.2. The van der Waals surface area contributed by atoms with Crippen molar-refractivity contribution in [2.24, 2.45) is 0 Å². The maximum atomic E-state index is 13.0. The summed E-state index contributed by atoms with van der Waals surface area (Å²) in [5, 5.41) is 6.68. The van der Waals surface area contributed by atoms with Crippen LogP contribution in [0.25, 0.3) is 0 Å². The van der Waals surface area contributed by atoms with Crippen molar-refractivity contribution in [3.8, 4) is 0 Å². The molecule has 19 heavy (non-hydrogen) atoms. The summed E-state index contributed by atoms with van der Waals surface area (Å²) in [7, 11) is 0. The van der Waals surface area contributed by atoms with E-state index < -0.39 is 0 Å². The molecule has 2 nitrogen and oxygen atoms in total. The largest absolute Gasteiger partial charge is 0.332 e. The standard InChI is InChI=1S/C15H15FN2S/c1-10-5-3-4-6-13(10)17-15(19)18-14-8-7-12(16)9-11(14)2/h3-9H,1-2H3,(H2,17,18,19). The number of thiocarbonyl (C=S) groups is 1. The Labute approximate surface area is 117 Å². The van der Waals surface area contributed by atoms with E-state index in [1.54, 1.807) is 6.07 Å². The molecule has 0 aromatic heterocycles. The molecule has 0 radical (unpaired) electrons. The quantitative estimate of drug-likeness (QED) is 0.800. The highest BCUT2D eigenvalue weighted by atomic mass is 32.1. The lowest BCUT2D eigenvalue weighted by molar-refractivity contribution is 0.627. The summed E-state index contributed by atoms with van der Waals surface area (Å²) in [6.07, 6.45) is 0. The summed E-state index contributed by atoms with van der Waals surface area (Å²) < 4.78 is 13.0. The fourth-order valence-electron chi connectivity index (χ4n) is 1.76. The van der Waals surface area contributed by atoms with Gasteiger partial charge in [-0.15, -0.1) is 0 Å². The first-order chi connectivity index (χ1) is 9.06. The summed E-state index contributed by atoms with van der Waals surface area (Å²) in [6.45, 7) is 3.84. The number of aryl methyl sites for hydroxylation is 2. The van der Waals surface area contributed by atoms with E-state index in [1.165, 1.54) is 12.1 Å². The lowest BCUT2D eigenvalue weighted by Gasteiger charge is -2.13. The van der Waals surface area contributed by atoms with Gasteiger partial charge in [-0.05, 0) is 61.5 Å². The number of para-hydroxylation sites is 1. The third-order valence-corrected chi connectivity index (χ3v) is 3.03. The molecule has 0 spiro atoms. The number of anilines is 2. The van der Waals surface area contributed by atoms with Gasteiger partial charge in [0.1, 0.15) is 5.82 Å². The van der Waals surface area contributed by atoms with Crippen molar-refractivity contribution in [3.63, 3.8) is 0 Å². The van der Waals surface area contributed by atoms with Crippen molar-refractivity contribution >= 4 is 28.7 Å². The summed E-state index contributed by atoms with van der Waals surface area (Å²) in [4.78, 5) is 0. The molecule has 2 N–H and O–H groups in total. The minimum absolute atomic E-state index is 0.249. The van der Waals surface area contributed by atoms with Crippen LogP contribution in [0.4, 0.5) is 15.8 Å². The van der Waals surface area contributed by atoms with Crippen LogP contribution in [0.3, 0.4) is 0 Å². The molecule has 0 saturated carbocycles. The first-order valence-electron chi connectivity index (χ1n) is 5.96. The Bertz CT molecular complexity index is 611. The monoisotopic (exact) mass is 274 g/mol. The van der Waals surface area contributed by atoms with Gasteiger partial charge in [-0.25, -0.2) is 4.39 Å². The molecule has 0 bridgehead atoms. The Morgan fingerprint density at radius 2 is 1.58 bits per heavy atom. The van der Waals surface area contributed by atoms with Crippen molar-refractivity contribution in [2.45, 2.75) is 13.8 Å². The smallest absolute Gasteiger partial charge is 0.175 e. The summed E-state index contributed by atoms with van der Waals surface area (Å²) in [5.41, 5.74) is 3.68. The normalized spacial score (nSPS) is 10.1. The molecule has 0 fully saturated rings. The molecule has 0 atom stereocenters. The molecule has 0 aliphatic rings. The topological polar surface area (TPSA) is 24.1 Å². The van der Waals surface area contributed by atoms with E-state index in [1.807, 2.05) is 38.1 Å². The lowest BCUT2D eigenvalue weighted by Crippen LogP contribution is -2.20. The van der Waals surface area contributed by atoms with Crippen LogP contribution in [0.2, 0.25) is 0 Å². The van der Waals surface area contributed by atoms with Gasteiger partial charge in [0, 0.05) is 11.4 Å². The first-order valence-corrected chi connectivity index (χ1v) is 6.37. The van der Waals surface area contributed by atoms with Crippen molar-refractivity contribution in [3.05, 3.63) is 59.4 Å². The SMILES string of the molecule is Cc1ccccc1NC(=S)Nc1ccc(F)cc1C. The molecular formula is C15H15FN2S. The first kappa shape index (κ1) is 13.5. The third kappa shape index (κ3) is 3.51. The van der Waals surface area contributed by atoms with Crippen molar-refractivity contribution in [1.29, 1.82) is 0 Å². The minimum atomic E-state index is -0.249. The second-order valence-corrected chi connectivity index (χ2v) is 4.76. The molecule has 0 saturated heterocycles. The van der Waals surface area contributed by atoms with Gasteiger partial charge in [-0.3, -0.25) is 0 Å². The maximum absolute atomic E-state index is 13.0. The summed E-state index contributed by atoms with van der Waals surface area (Å²) >= 11 is 5.25. The van der Waals surface area contributed by atoms with E-state index in [-0.39, 0.29) is 5.82 Å². The van der Waals surface area contributed by atoms with Gasteiger partial charge in [0.15, 0.2) is 5.11 Å². The van der Waals surface area contributed by atoms with Gasteiger partial charge in [-0.1, -0.05) is 18.2 Å². The highest BCUT2D eigenvalue weighted by molar-refractivity contribution is 7.80. The number of benzene rings is 2. The average molecular weight is 274 g/mol. The van der Waals surface area contributed by atoms with Crippen LogP contribution in [0.15, 0.2) is 42.5 Å². The van der Waals surface area contributed by atoms with E-state index in [0.717, 1.165) is 22.5 Å². The summed E-state index contributed by atoms with van der Waals surface area (Å²) in [5.74, 6) is -0.249. The van der Waals surface area contributed by atoms with Gasteiger partial charge in [0.25, 0.3) is 0 Å². The molecule has 2 aromatic rings. The molecule has 0 amide bonds. The zero-order chi connectivity index (χ0) is 13.8. The average Bonchev–Trinajstić information content (AvgIpc) is 2.36. The number of halogens is 1. The Hall–Kier alpha value is -1.94. The van der Waals surface area contributed by atoms with E-state index in [2.05, 4.69) is 10.6 Å². The van der Waals surface area contributed by atoms with Crippen LogP contribution in [0.1, 0.15) is 11.1 Å². The van der Waals surface area contributed by atoms with E-state index >= 15 is 0 Å². The van der Waals surface area contributed by atoms with Gasteiger partial charge in [0.2, 0.25) is 0 Å². The van der Waals surface area contributed by atoms with Crippen LogP contribution in [0.5, 0.6) is 0 Å². The van der Waals surface area contributed by atoms with E-state index in [9.17, 15) is 4.39 Å². The number of hydrogen-bond donors (Lipinski definition) is 2. The molecule has 2 aromatic carbocycles. The minimum Gasteiger partial charge on any atom is -0.332 e. The zero-order valence-corrected chi connectivity index (χ0v) is 11.6. The molecule has 0 unspecified atom stereocenters. The van der Waals surface area contributed by atoms with Crippen LogP contribution in [-0.2, 0) is 0 Å².